The van der Waals surface area contributed by atoms with E-state index < -0.39 is 12.1 Å². The summed E-state index contributed by atoms with van der Waals surface area (Å²) in [5.41, 5.74) is 1.42. The van der Waals surface area contributed by atoms with Crippen molar-refractivity contribution in [2.45, 2.75) is 37.8 Å². The van der Waals surface area contributed by atoms with Crippen LogP contribution < -0.4 is 0 Å². The molecule has 0 aromatic carbocycles. The molecule has 1 N–H and O–H groups in total. The van der Waals surface area contributed by atoms with Crippen LogP contribution in [0.2, 0.25) is 0 Å². The van der Waals surface area contributed by atoms with Crippen molar-refractivity contribution in [3.8, 4) is 0 Å². The molecule has 3 rings (SSSR count). The standard InChI is InChI=1S/C13H13BrF3N3/c14-9-5-10-12(18-6-9)20-11(19-10)7-1-3-8(4-2-7)13(15,16)17/h5-8H,1-4H2,(H,18,19,20). The van der Waals surface area contributed by atoms with Gasteiger partial charge in [-0.1, -0.05) is 0 Å². The Labute approximate surface area is 122 Å². The molecule has 1 saturated carbocycles. The molecular formula is C13H13BrF3N3. The Kier molecular flexibility index (Phi) is 3.48. The molecule has 1 aliphatic rings. The molecule has 0 amide bonds. The maximum Gasteiger partial charge on any atom is 0.391 e. The molecule has 0 unspecified atom stereocenters. The zero-order chi connectivity index (χ0) is 14.3. The zero-order valence-corrected chi connectivity index (χ0v) is 12.1. The van der Waals surface area contributed by atoms with Gasteiger partial charge in [-0.2, -0.15) is 13.2 Å². The number of H-pyrrole nitrogens is 1. The zero-order valence-electron chi connectivity index (χ0n) is 10.5. The highest BCUT2D eigenvalue weighted by atomic mass is 79.9. The molecule has 7 heteroatoms. The summed E-state index contributed by atoms with van der Waals surface area (Å²) in [6, 6.07) is 1.88. The topological polar surface area (TPSA) is 41.6 Å². The fraction of sp³-hybridized carbons (Fsp3) is 0.538. The van der Waals surface area contributed by atoms with Crippen molar-refractivity contribution in [1.29, 1.82) is 0 Å². The number of hydrogen-bond donors (Lipinski definition) is 1. The predicted molar refractivity (Wildman–Crippen MR) is 72.3 cm³/mol. The minimum Gasteiger partial charge on any atom is -0.340 e. The van der Waals surface area contributed by atoms with E-state index in [1.54, 1.807) is 6.20 Å². The molecule has 0 bridgehead atoms. The first kappa shape index (κ1) is 13.9. The number of nitrogens with one attached hydrogen (secondary N) is 1. The Morgan fingerprint density at radius 1 is 1.20 bits per heavy atom. The second kappa shape index (κ2) is 5.02. The van der Waals surface area contributed by atoms with Gasteiger partial charge in [0, 0.05) is 16.6 Å². The van der Waals surface area contributed by atoms with E-state index >= 15 is 0 Å². The third kappa shape index (κ3) is 2.68. The molecule has 2 heterocycles. The largest absolute Gasteiger partial charge is 0.391 e. The number of alkyl halides is 3. The van der Waals surface area contributed by atoms with Crippen molar-refractivity contribution in [2.75, 3.05) is 0 Å². The number of aromatic amines is 1. The van der Waals surface area contributed by atoms with Crippen LogP contribution in [0.3, 0.4) is 0 Å². The van der Waals surface area contributed by atoms with Gasteiger partial charge >= 0.3 is 6.18 Å². The summed E-state index contributed by atoms with van der Waals surface area (Å²) < 4.78 is 38.8. The quantitative estimate of drug-likeness (QED) is 0.821. The van der Waals surface area contributed by atoms with Crippen molar-refractivity contribution in [1.82, 2.24) is 15.0 Å². The Balaban J connectivity index is 1.76. The van der Waals surface area contributed by atoms with Gasteiger partial charge in [-0.15, -0.1) is 0 Å². The Morgan fingerprint density at radius 3 is 2.55 bits per heavy atom. The van der Waals surface area contributed by atoms with E-state index in [1.165, 1.54) is 0 Å². The van der Waals surface area contributed by atoms with E-state index in [-0.39, 0.29) is 18.8 Å². The third-order valence-electron chi connectivity index (χ3n) is 3.90. The highest BCUT2D eigenvalue weighted by molar-refractivity contribution is 9.10. The van der Waals surface area contributed by atoms with Gasteiger partial charge in [0.1, 0.15) is 5.82 Å². The lowest BCUT2D eigenvalue weighted by molar-refractivity contribution is -0.182. The number of pyridine rings is 1. The van der Waals surface area contributed by atoms with Crippen molar-refractivity contribution in [2.24, 2.45) is 5.92 Å². The van der Waals surface area contributed by atoms with Crippen molar-refractivity contribution < 1.29 is 13.2 Å². The highest BCUT2D eigenvalue weighted by Crippen LogP contribution is 2.42. The fourth-order valence-electron chi connectivity index (χ4n) is 2.78. The molecule has 20 heavy (non-hydrogen) atoms. The lowest BCUT2D eigenvalue weighted by Gasteiger charge is -2.28. The molecule has 0 aliphatic heterocycles. The van der Waals surface area contributed by atoms with E-state index in [1.807, 2.05) is 6.07 Å². The van der Waals surface area contributed by atoms with Gasteiger partial charge < -0.3 is 4.98 Å². The second-order valence-electron chi connectivity index (χ2n) is 5.24. The van der Waals surface area contributed by atoms with Crippen LogP contribution in [-0.2, 0) is 0 Å². The minimum absolute atomic E-state index is 0.0709. The average molecular weight is 348 g/mol. The van der Waals surface area contributed by atoms with E-state index in [9.17, 15) is 13.2 Å². The first-order chi connectivity index (χ1) is 9.43. The number of rotatable bonds is 1. The molecule has 3 nitrogen and oxygen atoms in total. The normalized spacial score (nSPS) is 24.2. The molecule has 1 aliphatic carbocycles. The molecule has 2 aromatic rings. The van der Waals surface area contributed by atoms with E-state index in [0.717, 1.165) is 15.8 Å². The highest BCUT2D eigenvalue weighted by Gasteiger charge is 2.41. The van der Waals surface area contributed by atoms with Crippen LogP contribution in [0.25, 0.3) is 11.2 Å². The molecule has 108 valence electrons. The monoisotopic (exact) mass is 347 g/mol. The van der Waals surface area contributed by atoms with Crippen LogP contribution >= 0.6 is 15.9 Å². The van der Waals surface area contributed by atoms with Crippen LogP contribution in [0.15, 0.2) is 16.7 Å². The van der Waals surface area contributed by atoms with E-state index in [0.29, 0.717) is 18.5 Å². The Bertz CT molecular complexity index is 615. The summed E-state index contributed by atoms with van der Waals surface area (Å²) in [5.74, 6) is -0.330. The number of imidazole rings is 1. The fourth-order valence-corrected chi connectivity index (χ4v) is 3.11. The predicted octanol–water partition coefficient (Wildman–Crippen LogP) is 4.56. The molecule has 2 aromatic heterocycles. The summed E-state index contributed by atoms with van der Waals surface area (Å²) in [5, 5.41) is 0. The van der Waals surface area contributed by atoms with Gasteiger partial charge in [0.25, 0.3) is 0 Å². The van der Waals surface area contributed by atoms with Crippen LogP contribution in [0, 0.1) is 5.92 Å². The van der Waals surface area contributed by atoms with Crippen molar-refractivity contribution in [3.05, 3.63) is 22.6 Å². The van der Waals surface area contributed by atoms with E-state index in [4.69, 9.17) is 0 Å². The van der Waals surface area contributed by atoms with Crippen molar-refractivity contribution >= 4 is 27.1 Å². The van der Waals surface area contributed by atoms with Gasteiger partial charge in [0.05, 0.1) is 11.4 Å². The first-order valence-electron chi connectivity index (χ1n) is 6.51. The minimum atomic E-state index is -4.06. The summed E-state index contributed by atoms with van der Waals surface area (Å²) in [6.07, 6.45) is -1.00. The van der Waals surface area contributed by atoms with Crippen LogP contribution in [0.4, 0.5) is 13.2 Å². The van der Waals surface area contributed by atoms with Gasteiger partial charge in [-0.25, -0.2) is 9.97 Å². The maximum atomic E-state index is 12.6. The first-order valence-corrected chi connectivity index (χ1v) is 7.30. The van der Waals surface area contributed by atoms with Crippen LogP contribution in [0.1, 0.15) is 37.4 Å². The van der Waals surface area contributed by atoms with Gasteiger partial charge in [-0.3, -0.25) is 0 Å². The maximum absolute atomic E-state index is 12.6. The SMILES string of the molecule is FC(F)(F)C1CCC(c2nc3ncc(Br)cc3[nH]2)CC1. The number of hydrogen-bond acceptors (Lipinski definition) is 2. The smallest absolute Gasteiger partial charge is 0.340 e. The van der Waals surface area contributed by atoms with Gasteiger partial charge in [0.15, 0.2) is 5.65 Å². The summed E-state index contributed by atoms with van der Waals surface area (Å²) in [7, 11) is 0. The molecule has 0 saturated heterocycles. The summed E-state index contributed by atoms with van der Waals surface area (Å²) >= 11 is 3.33. The Morgan fingerprint density at radius 2 is 1.90 bits per heavy atom. The molecule has 0 radical (unpaired) electrons. The second-order valence-corrected chi connectivity index (χ2v) is 6.15. The molecule has 1 fully saturated rings. The van der Waals surface area contributed by atoms with Crippen molar-refractivity contribution in [3.63, 3.8) is 0 Å². The molecular weight excluding hydrogens is 335 g/mol. The average Bonchev–Trinajstić information content (AvgIpc) is 2.80. The number of aromatic nitrogens is 3. The number of halogens is 4. The number of nitrogens with zero attached hydrogens (tertiary/aromatic N) is 2. The van der Waals surface area contributed by atoms with Crippen LogP contribution in [-0.4, -0.2) is 21.1 Å². The number of fused-ring (bicyclic) bond motifs is 1. The molecule has 0 atom stereocenters. The Hall–Kier alpha value is -1.11. The molecule has 0 spiro atoms. The van der Waals surface area contributed by atoms with E-state index in [2.05, 4.69) is 30.9 Å². The summed E-state index contributed by atoms with van der Waals surface area (Å²) in [4.78, 5) is 11.8. The van der Waals surface area contributed by atoms with Gasteiger partial charge in [-0.05, 0) is 47.7 Å². The van der Waals surface area contributed by atoms with Crippen LogP contribution in [0.5, 0.6) is 0 Å². The lowest BCUT2D eigenvalue weighted by atomic mass is 9.81. The van der Waals surface area contributed by atoms with Gasteiger partial charge in [0.2, 0.25) is 0 Å². The third-order valence-corrected chi connectivity index (χ3v) is 4.33. The lowest BCUT2D eigenvalue weighted by Crippen LogP contribution is -2.27. The summed E-state index contributed by atoms with van der Waals surface area (Å²) in [6.45, 7) is 0.